The molecule has 35 heavy (non-hydrogen) atoms. The summed E-state index contributed by atoms with van der Waals surface area (Å²) in [5.41, 5.74) is -1.34. The number of aromatic amines is 1. The quantitative estimate of drug-likeness (QED) is 0.437. The van der Waals surface area contributed by atoms with Crippen molar-refractivity contribution in [3.05, 3.63) is 47.9 Å². The maximum Gasteiger partial charge on any atom is 0.417 e. The lowest BCUT2D eigenvalue weighted by Crippen LogP contribution is -2.41. The number of H-pyrrole nitrogens is 1. The van der Waals surface area contributed by atoms with Crippen LogP contribution in [0.15, 0.2) is 30.5 Å². The zero-order valence-electron chi connectivity index (χ0n) is 18.8. The van der Waals surface area contributed by atoms with E-state index in [1.807, 2.05) is 0 Å². The van der Waals surface area contributed by atoms with Crippen LogP contribution in [-0.2, 0) is 4.74 Å². The van der Waals surface area contributed by atoms with Crippen molar-refractivity contribution in [2.75, 3.05) is 20.3 Å². The summed E-state index contributed by atoms with van der Waals surface area (Å²) < 4.78 is 79.1. The molecule has 0 bridgehead atoms. The second-order valence-corrected chi connectivity index (χ2v) is 7.91. The Labute approximate surface area is 196 Å². The largest absolute Gasteiger partial charge is 0.494 e. The van der Waals surface area contributed by atoms with Crippen LogP contribution in [-0.4, -0.2) is 63.4 Å². The fourth-order valence-electron chi connectivity index (χ4n) is 3.30. The molecule has 3 atom stereocenters. The van der Waals surface area contributed by atoms with Crippen LogP contribution in [0.5, 0.6) is 11.6 Å². The second kappa shape index (κ2) is 10.7. The number of nitrogens with zero attached hydrogens (tertiary/aromatic N) is 2. The average molecular weight is 505 g/mol. The number of hydrogen-bond donors (Lipinski definition) is 3. The fraction of sp³-hybridized carbons (Fsp3) is 0.455. The average Bonchev–Trinajstić information content (AvgIpc) is 3.44. The van der Waals surface area contributed by atoms with Crippen LogP contribution in [0.3, 0.4) is 0 Å². The summed E-state index contributed by atoms with van der Waals surface area (Å²) in [4.78, 5) is 11.2. The molecule has 4 rings (SSSR count). The van der Waals surface area contributed by atoms with Crippen molar-refractivity contribution >= 4 is 11.0 Å². The van der Waals surface area contributed by atoms with Gasteiger partial charge in [-0.3, -0.25) is 0 Å². The molecule has 1 aliphatic heterocycles. The van der Waals surface area contributed by atoms with E-state index >= 15 is 0 Å². The molecule has 0 radical (unpaired) electrons. The van der Waals surface area contributed by atoms with Crippen molar-refractivity contribution in [2.45, 2.75) is 43.8 Å². The molecular weight excluding hydrogens is 481 g/mol. The number of nitrogens with one attached hydrogen (secondary N) is 1. The van der Waals surface area contributed by atoms with Crippen molar-refractivity contribution in [3.63, 3.8) is 0 Å². The minimum atomic E-state index is -4.45. The van der Waals surface area contributed by atoms with Crippen molar-refractivity contribution < 1.29 is 46.4 Å². The molecule has 0 aliphatic carbocycles. The summed E-state index contributed by atoms with van der Waals surface area (Å²) in [7, 11) is 1.29. The molecule has 0 amide bonds. The monoisotopic (exact) mass is 505 g/mol. The zero-order valence-corrected chi connectivity index (χ0v) is 18.8. The van der Waals surface area contributed by atoms with Gasteiger partial charge in [0, 0.05) is 6.20 Å². The van der Waals surface area contributed by atoms with Gasteiger partial charge in [0.05, 0.1) is 19.2 Å². The third-order valence-electron chi connectivity index (χ3n) is 5.34. The van der Waals surface area contributed by atoms with E-state index in [2.05, 4.69) is 19.7 Å². The highest BCUT2D eigenvalue weighted by Crippen LogP contribution is 2.47. The highest BCUT2D eigenvalue weighted by atomic mass is 19.4. The molecular formula is C22H24F5N3O5. The van der Waals surface area contributed by atoms with Crippen LogP contribution in [0.2, 0.25) is 0 Å². The lowest BCUT2D eigenvalue weighted by molar-refractivity contribution is -0.265. The molecule has 0 saturated carbocycles. The topological polar surface area (TPSA) is 110 Å². The van der Waals surface area contributed by atoms with Crippen LogP contribution in [0.4, 0.5) is 22.0 Å². The third kappa shape index (κ3) is 5.97. The summed E-state index contributed by atoms with van der Waals surface area (Å²) in [6, 6.07) is 5.40. The van der Waals surface area contributed by atoms with Crippen LogP contribution < -0.4 is 9.47 Å². The second-order valence-electron chi connectivity index (χ2n) is 7.91. The number of benzene rings is 1. The van der Waals surface area contributed by atoms with Gasteiger partial charge in [-0.1, -0.05) is 6.07 Å². The van der Waals surface area contributed by atoms with Crippen LogP contribution in [0.1, 0.15) is 31.7 Å². The summed E-state index contributed by atoms with van der Waals surface area (Å²) >= 11 is 0. The van der Waals surface area contributed by atoms with E-state index in [0.29, 0.717) is 11.0 Å². The highest BCUT2D eigenvalue weighted by Gasteiger charge is 2.57. The van der Waals surface area contributed by atoms with E-state index in [1.54, 1.807) is 6.07 Å². The first-order chi connectivity index (χ1) is 16.5. The molecule has 0 spiro atoms. The minimum Gasteiger partial charge on any atom is -0.494 e. The van der Waals surface area contributed by atoms with E-state index in [4.69, 9.17) is 14.6 Å². The molecule has 13 heteroatoms. The molecule has 1 aromatic carbocycles. The van der Waals surface area contributed by atoms with Crippen molar-refractivity contribution in [2.24, 2.45) is 0 Å². The Kier molecular flexibility index (Phi) is 8.13. The standard InChI is InChI=1S/C15H18F3N3O4.C7H6F2O/c1-14(15(16,17)18)4-2-10(25-14)12-20-9-3-5-19-13(11(9)21-12)24-7-8(23)6-22;1-10-6-4-2-3-5(8)7(6)9/h3,5,8,10,22-23H,2,4,6-7H2,1H3,(H,20,21);2-4H,1H3/t8?,10?,14-;/m1./s1. The van der Waals surface area contributed by atoms with Gasteiger partial charge in [0.25, 0.3) is 0 Å². The Morgan fingerprint density at radius 1 is 1.29 bits per heavy atom. The molecule has 3 heterocycles. The van der Waals surface area contributed by atoms with Crippen LogP contribution >= 0.6 is 0 Å². The Morgan fingerprint density at radius 3 is 2.63 bits per heavy atom. The number of alkyl halides is 3. The number of hydrogen-bond acceptors (Lipinski definition) is 7. The predicted molar refractivity (Wildman–Crippen MR) is 113 cm³/mol. The number of pyridine rings is 1. The molecule has 3 N–H and O–H groups in total. The predicted octanol–water partition coefficient (Wildman–Crippen LogP) is 3.84. The van der Waals surface area contributed by atoms with Crippen molar-refractivity contribution in [1.29, 1.82) is 0 Å². The molecule has 1 fully saturated rings. The number of aromatic nitrogens is 3. The first-order valence-corrected chi connectivity index (χ1v) is 10.5. The van der Waals surface area contributed by atoms with Crippen molar-refractivity contribution in [3.8, 4) is 11.6 Å². The number of rotatable bonds is 6. The van der Waals surface area contributed by atoms with Crippen LogP contribution in [0, 0.1) is 11.6 Å². The molecule has 192 valence electrons. The minimum absolute atomic E-state index is 0.0694. The number of aliphatic hydroxyl groups is 2. The highest BCUT2D eigenvalue weighted by molar-refractivity contribution is 5.79. The Morgan fingerprint density at radius 2 is 2.03 bits per heavy atom. The molecule has 2 aromatic heterocycles. The Hall–Kier alpha value is -3.03. The van der Waals surface area contributed by atoms with E-state index in [0.717, 1.165) is 13.0 Å². The Balaban J connectivity index is 0.000000287. The number of imidazole rings is 1. The van der Waals surface area contributed by atoms with E-state index in [-0.39, 0.29) is 36.9 Å². The van der Waals surface area contributed by atoms with Gasteiger partial charge in [-0.05, 0) is 38.0 Å². The van der Waals surface area contributed by atoms with Gasteiger partial charge in [-0.2, -0.15) is 17.6 Å². The third-order valence-corrected chi connectivity index (χ3v) is 5.34. The number of aliphatic hydroxyl groups excluding tert-OH is 2. The maximum absolute atomic E-state index is 13.1. The summed E-state index contributed by atoms with van der Waals surface area (Å²) in [5, 5.41) is 18.2. The summed E-state index contributed by atoms with van der Waals surface area (Å²) in [5.74, 6) is -1.52. The molecule has 1 saturated heterocycles. The van der Waals surface area contributed by atoms with Gasteiger partial charge < -0.3 is 29.4 Å². The van der Waals surface area contributed by atoms with E-state index in [1.165, 1.54) is 25.4 Å². The molecule has 2 unspecified atom stereocenters. The van der Waals surface area contributed by atoms with Gasteiger partial charge in [0.1, 0.15) is 24.6 Å². The van der Waals surface area contributed by atoms with Gasteiger partial charge in [0.15, 0.2) is 22.7 Å². The zero-order chi connectivity index (χ0) is 25.8. The van der Waals surface area contributed by atoms with Crippen LogP contribution in [0.25, 0.3) is 11.0 Å². The first kappa shape index (κ1) is 26.6. The molecule has 3 aromatic rings. The van der Waals surface area contributed by atoms with Gasteiger partial charge in [-0.25, -0.2) is 14.4 Å². The van der Waals surface area contributed by atoms with Gasteiger partial charge in [0.2, 0.25) is 11.7 Å². The smallest absolute Gasteiger partial charge is 0.417 e. The normalized spacial score (nSPS) is 20.9. The SMILES string of the molecule is COc1cccc(F)c1F.C[C@]1(C(F)(F)F)CCC(c2nc3c(OCC(O)CO)nccc3[nH]2)O1. The van der Waals surface area contributed by atoms with Crippen molar-refractivity contribution in [1.82, 2.24) is 15.0 Å². The lowest BCUT2D eigenvalue weighted by Gasteiger charge is -2.27. The Bertz CT molecular complexity index is 1140. The number of fused-ring (bicyclic) bond motifs is 1. The van der Waals surface area contributed by atoms with Gasteiger partial charge >= 0.3 is 6.18 Å². The first-order valence-electron chi connectivity index (χ1n) is 10.5. The molecule has 1 aliphatic rings. The van der Waals surface area contributed by atoms with Gasteiger partial charge in [-0.15, -0.1) is 0 Å². The van der Waals surface area contributed by atoms with E-state index < -0.39 is 42.2 Å². The summed E-state index contributed by atoms with van der Waals surface area (Å²) in [6.07, 6.45) is -4.86. The maximum atomic E-state index is 13.1. The lowest BCUT2D eigenvalue weighted by atomic mass is 10.0. The van der Waals surface area contributed by atoms with E-state index in [9.17, 15) is 27.1 Å². The summed E-state index contributed by atoms with van der Waals surface area (Å²) in [6.45, 7) is 0.382. The number of halogens is 5. The number of methoxy groups -OCH3 is 1. The fourth-order valence-corrected chi connectivity index (χ4v) is 3.30. The number of ether oxygens (including phenoxy) is 3. The molecule has 8 nitrogen and oxygen atoms in total.